The van der Waals surface area contributed by atoms with Crippen molar-refractivity contribution in [3.8, 4) is 5.75 Å². The smallest absolute Gasteiger partial charge is 0.127 e. The van der Waals surface area contributed by atoms with Gasteiger partial charge in [-0.3, -0.25) is 0 Å². The lowest BCUT2D eigenvalue weighted by molar-refractivity contribution is -1.03. The largest absolute Gasteiger partial charge is 0.507 e. The molecule has 0 unspecified atom stereocenters. The highest BCUT2D eigenvalue weighted by molar-refractivity contribution is 9.10. The zero-order valence-electron chi connectivity index (χ0n) is 14.2. The molecule has 1 aromatic rings. The molecule has 4 nitrogen and oxygen atoms in total. The highest BCUT2D eigenvalue weighted by Gasteiger charge is 2.33. The van der Waals surface area contributed by atoms with E-state index in [2.05, 4.69) is 28.9 Å². The predicted octanol–water partition coefficient (Wildman–Crippen LogP) is -1.49. The maximum absolute atomic E-state index is 10.0. The number of aromatic hydroxyl groups is 1. The Labute approximate surface area is 148 Å². The van der Waals surface area contributed by atoms with Gasteiger partial charge in [0.1, 0.15) is 38.5 Å². The van der Waals surface area contributed by atoms with Gasteiger partial charge in [-0.15, -0.1) is 0 Å². The minimum absolute atomic E-state index is 0.437. The summed E-state index contributed by atoms with van der Waals surface area (Å²) < 4.78 is 1.06. The van der Waals surface area contributed by atoms with Crippen molar-refractivity contribution in [3.05, 3.63) is 28.2 Å². The van der Waals surface area contributed by atoms with Gasteiger partial charge in [0.05, 0.1) is 25.7 Å². The van der Waals surface area contributed by atoms with Crippen molar-refractivity contribution in [2.75, 3.05) is 45.8 Å². The third kappa shape index (κ3) is 4.47. The molecular formula is C18H31BrN3O+3. The van der Waals surface area contributed by atoms with Gasteiger partial charge >= 0.3 is 0 Å². The van der Waals surface area contributed by atoms with Gasteiger partial charge in [-0.05, 0) is 25.1 Å². The molecule has 128 valence electrons. The van der Waals surface area contributed by atoms with Crippen molar-refractivity contribution in [1.29, 1.82) is 0 Å². The molecule has 0 radical (unpaired) electrons. The molecule has 2 saturated heterocycles. The molecular weight excluding hydrogens is 354 g/mol. The number of piperidine rings is 1. The maximum atomic E-state index is 10.0. The number of nitrogens with one attached hydrogen (secondary N) is 3. The van der Waals surface area contributed by atoms with Gasteiger partial charge in [0.25, 0.3) is 0 Å². The first-order valence-corrected chi connectivity index (χ1v) is 9.94. The summed E-state index contributed by atoms with van der Waals surface area (Å²) in [5.74, 6) is 0.437. The molecule has 1 aromatic carbocycles. The molecule has 0 saturated carbocycles. The van der Waals surface area contributed by atoms with Crippen molar-refractivity contribution in [2.45, 2.75) is 32.4 Å². The van der Waals surface area contributed by atoms with Gasteiger partial charge in [-0.2, -0.15) is 0 Å². The van der Waals surface area contributed by atoms with E-state index in [0.29, 0.717) is 5.75 Å². The summed E-state index contributed by atoms with van der Waals surface area (Å²) in [6.45, 7) is 12.4. The molecule has 4 N–H and O–H groups in total. The van der Waals surface area contributed by atoms with Gasteiger partial charge in [0.15, 0.2) is 0 Å². The van der Waals surface area contributed by atoms with Crippen LogP contribution in [0.1, 0.15) is 25.3 Å². The molecule has 0 atom stereocenters. The second kappa shape index (κ2) is 7.97. The molecule has 2 aliphatic rings. The van der Waals surface area contributed by atoms with Crippen molar-refractivity contribution >= 4 is 15.9 Å². The normalized spacial score (nSPS) is 31.9. The van der Waals surface area contributed by atoms with Crippen LogP contribution in [-0.2, 0) is 6.54 Å². The maximum Gasteiger partial charge on any atom is 0.127 e. The molecule has 0 spiro atoms. The fraction of sp³-hybridized carbons (Fsp3) is 0.667. The number of likely N-dealkylation sites (tertiary alicyclic amines) is 1. The van der Waals surface area contributed by atoms with Gasteiger partial charge in [0, 0.05) is 22.9 Å². The quantitative estimate of drug-likeness (QED) is 0.501. The monoisotopic (exact) mass is 384 g/mol. The lowest BCUT2D eigenvalue weighted by atomic mass is 10.0. The predicted molar refractivity (Wildman–Crippen MR) is 95.2 cm³/mol. The highest BCUT2D eigenvalue weighted by Crippen LogP contribution is 2.21. The van der Waals surface area contributed by atoms with Crippen LogP contribution in [0.25, 0.3) is 0 Å². The molecule has 23 heavy (non-hydrogen) atoms. The molecule has 0 aliphatic carbocycles. The third-order valence-corrected chi connectivity index (χ3v) is 6.34. The Hall–Kier alpha value is -0.620. The Morgan fingerprint density at radius 3 is 2.39 bits per heavy atom. The van der Waals surface area contributed by atoms with E-state index in [-0.39, 0.29) is 0 Å². The summed E-state index contributed by atoms with van der Waals surface area (Å²) >= 11 is 3.51. The Morgan fingerprint density at radius 1 is 1.04 bits per heavy atom. The minimum Gasteiger partial charge on any atom is -0.507 e. The standard InChI is InChI=1S/C18H28BrN3O/c1-2-20-9-11-22(12-10-20)17-5-7-21(8-6-17)14-15-13-16(19)3-4-18(15)23/h3-4,13,17,23H,2,5-12,14H2,1H3/p+3. The fourth-order valence-corrected chi connectivity index (χ4v) is 4.67. The van der Waals surface area contributed by atoms with Crippen molar-refractivity contribution in [1.82, 2.24) is 0 Å². The minimum atomic E-state index is 0.437. The van der Waals surface area contributed by atoms with E-state index in [0.717, 1.165) is 22.6 Å². The van der Waals surface area contributed by atoms with Gasteiger partial charge in [-0.1, -0.05) is 15.9 Å². The number of rotatable bonds is 4. The number of benzene rings is 1. The number of hydrogen-bond acceptors (Lipinski definition) is 1. The van der Waals surface area contributed by atoms with E-state index < -0.39 is 0 Å². The van der Waals surface area contributed by atoms with Crippen LogP contribution in [-0.4, -0.2) is 57.0 Å². The molecule has 3 rings (SSSR count). The van der Waals surface area contributed by atoms with E-state index in [1.807, 2.05) is 11.0 Å². The average molecular weight is 385 g/mol. The number of halogens is 1. The summed E-state index contributed by atoms with van der Waals surface area (Å²) in [6.07, 6.45) is 2.67. The molecule has 5 heteroatoms. The Kier molecular flexibility index (Phi) is 5.96. The Morgan fingerprint density at radius 2 is 1.74 bits per heavy atom. The zero-order chi connectivity index (χ0) is 16.2. The molecule has 2 aliphatic heterocycles. The van der Waals surface area contributed by atoms with E-state index in [4.69, 9.17) is 0 Å². The van der Waals surface area contributed by atoms with E-state index >= 15 is 0 Å². The molecule has 0 bridgehead atoms. The third-order valence-electron chi connectivity index (χ3n) is 5.85. The van der Waals surface area contributed by atoms with Crippen LogP contribution in [0.4, 0.5) is 0 Å². The SMILES string of the molecule is CC[NH+]1CC[NH+](C2CC[NH+](Cc3cc(Br)ccc3O)CC2)CC1. The second-order valence-electron chi connectivity index (χ2n) is 7.24. The Balaban J connectivity index is 1.48. The highest BCUT2D eigenvalue weighted by atomic mass is 79.9. The first-order valence-electron chi connectivity index (χ1n) is 9.14. The molecule has 0 amide bonds. The topological polar surface area (TPSA) is 33.5 Å². The molecule has 2 heterocycles. The number of phenolic OH excluding ortho intramolecular Hbond substituents is 1. The van der Waals surface area contributed by atoms with Crippen LogP contribution >= 0.6 is 15.9 Å². The summed E-state index contributed by atoms with van der Waals surface area (Å²) in [7, 11) is 0. The summed E-state index contributed by atoms with van der Waals surface area (Å²) in [6, 6.07) is 6.63. The Bertz CT molecular complexity index is 509. The number of piperazine rings is 1. The number of likely N-dealkylation sites (N-methyl/N-ethyl adjacent to an activating group) is 1. The fourth-order valence-electron chi connectivity index (χ4n) is 4.26. The van der Waals surface area contributed by atoms with E-state index in [1.165, 1.54) is 58.7 Å². The van der Waals surface area contributed by atoms with E-state index in [1.54, 1.807) is 15.9 Å². The molecule has 2 fully saturated rings. The van der Waals surface area contributed by atoms with Gasteiger partial charge < -0.3 is 19.8 Å². The van der Waals surface area contributed by atoms with Crippen LogP contribution in [0, 0.1) is 0 Å². The van der Waals surface area contributed by atoms with Crippen LogP contribution < -0.4 is 14.7 Å². The van der Waals surface area contributed by atoms with Crippen LogP contribution in [0.2, 0.25) is 0 Å². The van der Waals surface area contributed by atoms with Gasteiger partial charge in [0.2, 0.25) is 0 Å². The summed E-state index contributed by atoms with van der Waals surface area (Å²) in [4.78, 5) is 5.25. The van der Waals surface area contributed by atoms with Gasteiger partial charge in [-0.25, -0.2) is 0 Å². The van der Waals surface area contributed by atoms with Crippen molar-refractivity contribution in [2.24, 2.45) is 0 Å². The lowest BCUT2D eigenvalue weighted by Crippen LogP contribution is -3.30. The number of hydrogen-bond donors (Lipinski definition) is 4. The van der Waals surface area contributed by atoms with E-state index in [9.17, 15) is 5.11 Å². The first kappa shape index (κ1) is 17.2. The second-order valence-corrected chi connectivity index (χ2v) is 8.15. The van der Waals surface area contributed by atoms with Crippen molar-refractivity contribution in [3.63, 3.8) is 0 Å². The molecule has 0 aromatic heterocycles. The van der Waals surface area contributed by atoms with Crippen molar-refractivity contribution < 1.29 is 19.8 Å². The summed E-state index contributed by atoms with van der Waals surface area (Å²) in [5, 5.41) is 10.0. The van der Waals surface area contributed by atoms with Crippen LogP contribution in [0.3, 0.4) is 0 Å². The summed E-state index contributed by atoms with van der Waals surface area (Å²) in [5.41, 5.74) is 1.07. The first-order chi connectivity index (χ1) is 11.2. The lowest BCUT2D eigenvalue weighted by Gasteiger charge is -2.37. The average Bonchev–Trinajstić information content (AvgIpc) is 2.59. The zero-order valence-corrected chi connectivity index (χ0v) is 15.8. The van der Waals surface area contributed by atoms with Crippen LogP contribution in [0.15, 0.2) is 22.7 Å². The number of quaternary nitrogens is 3. The number of phenols is 1. The van der Waals surface area contributed by atoms with Crippen LogP contribution in [0.5, 0.6) is 5.75 Å².